The van der Waals surface area contributed by atoms with Crippen molar-refractivity contribution in [3.63, 3.8) is 0 Å². The number of halogens is 4. The molecule has 0 aliphatic carbocycles. The molecule has 1 aromatic carbocycles. The first-order valence-corrected chi connectivity index (χ1v) is 7.19. The fourth-order valence-corrected chi connectivity index (χ4v) is 1.78. The fourth-order valence-electron chi connectivity index (χ4n) is 1.78. The first-order valence-electron chi connectivity index (χ1n) is 7.19. The second kappa shape index (κ2) is 8.14. The Morgan fingerprint density at radius 3 is 2.57 bits per heavy atom. The Kier molecular flexibility index (Phi) is 6.80. The molecular formula is C15H20F4N2O2. The number of nitrogens with two attached hydrogens (primary N) is 1. The highest BCUT2D eigenvalue weighted by atomic mass is 19.4. The van der Waals surface area contributed by atoms with Crippen LogP contribution in [0.25, 0.3) is 0 Å². The van der Waals surface area contributed by atoms with Crippen LogP contribution in [0, 0.1) is 11.7 Å². The van der Waals surface area contributed by atoms with Gasteiger partial charge in [-0.15, -0.1) is 0 Å². The van der Waals surface area contributed by atoms with Crippen molar-refractivity contribution in [2.45, 2.75) is 32.5 Å². The van der Waals surface area contributed by atoms with Gasteiger partial charge < -0.3 is 15.8 Å². The number of hydrogen-bond donors (Lipinski definition) is 2. The van der Waals surface area contributed by atoms with Crippen molar-refractivity contribution in [1.29, 1.82) is 0 Å². The Balaban J connectivity index is 2.51. The van der Waals surface area contributed by atoms with Gasteiger partial charge in [-0.05, 0) is 18.1 Å². The third-order valence-electron chi connectivity index (χ3n) is 3.43. The average molecular weight is 336 g/mol. The van der Waals surface area contributed by atoms with Crippen LogP contribution in [0.2, 0.25) is 0 Å². The third kappa shape index (κ3) is 6.05. The minimum absolute atomic E-state index is 0.00785. The molecule has 0 saturated carbocycles. The lowest BCUT2D eigenvalue weighted by molar-refractivity contribution is -0.137. The smallest absolute Gasteiger partial charge is 0.416 e. The molecule has 1 amide bonds. The Morgan fingerprint density at radius 1 is 1.35 bits per heavy atom. The van der Waals surface area contributed by atoms with Crippen LogP contribution in [0.15, 0.2) is 18.2 Å². The number of alkyl halides is 3. The number of carbonyl (C=O) groups is 1. The normalized spacial score (nSPS) is 14.2. The van der Waals surface area contributed by atoms with Crippen LogP contribution in [0.5, 0.6) is 5.75 Å². The number of nitrogens with one attached hydrogen (secondary N) is 1. The molecule has 0 aliphatic heterocycles. The van der Waals surface area contributed by atoms with Crippen molar-refractivity contribution >= 4 is 5.91 Å². The number of benzene rings is 1. The number of carbonyl (C=O) groups excluding carboxylic acids is 1. The Labute approximate surface area is 132 Å². The summed E-state index contributed by atoms with van der Waals surface area (Å²) in [6.45, 7) is 3.70. The summed E-state index contributed by atoms with van der Waals surface area (Å²) < 4.78 is 55.8. The van der Waals surface area contributed by atoms with Crippen LogP contribution in [-0.4, -0.2) is 25.1 Å². The average Bonchev–Trinajstić information content (AvgIpc) is 2.48. The summed E-state index contributed by atoms with van der Waals surface area (Å²) in [5, 5.41) is 2.52. The largest absolute Gasteiger partial charge is 0.492 e. The van der Waals surface area contributed by atoms with Crippen LogP contribution < -0.4 is 15.8 Å². The number of hydrogen-bond acceptors (Lipinski definition) is 3. The molecule has 0 aromatic heterocycles. The number of amides is 1. The lowest BCUT2D eigenvalue weighted by Crippen LogP contribution is -2.45. The summed E-state index contributed by atoms with van der Waals surface area (Å²) in [6, 6.07) is 1.28. The molecule has 2 atom stereocenters. The molecular weight excluding hydrogens is 316 g/mol. The number of ether oxygens (including phenoxy) is 1. The maximum atomic E-state index is 13.2. The van der Waals surface area contributed by atoms with Gasteiger partial charge >= 0.3 is 6.18 Å². The topological polar surface area (TPSA) is 64.4 Å². The van der Waals surface area contributed by atoms with Gasteiger partial charge in [-0.3, -0.25) is 4.79 Å². The van der Waals surface area contributed by atoms with E-state index in [0.717, 1.165) is 12.5 Å². The first-order chi connectivity index (χ1) is 10.6. The monoisotopic (exact) mass is 336 g/mol. The molecule has 8 heteroatoms. The van der Waals surface area contributed by atoms with Crippen LogP contribution in [0.3, 0.4) is 0 Å². The van der Waals surface area contributed by atoms with Crippen molar-refractivity contribution < 1.29 is 27.1 Å². The zero-order valence-corrected chi connectivity index (χ0v) is 12.9. The highest BCUT2D eigenvalue weighted by molar-refractivity contribution is 5.81. The summed E-state index contributed by atoms with van der Waals surface area (Å²) >= 11 is 0. The Bertz CT molecular complexity index is 535. The molecule has 130 valence electrons. The maximum Gasteiger partial charge on any atom is 0.416 e. The number of rotatable bonds is 7. The van der Waals surface area contributed by atoms with Gasteiger partial charge in [0.15, 0.2) is 0 Å². The van der Waals surface area contributed by atoms with E-state index in [1.807, 2.05) is 13.8 Å². The van der Waals surface area contributed by atoms with E-state index in [1.54, 1.807) is 0 Å². The van der Waals surface area contributed by atoms with Gasteiger partial charge in [-0.25, -0.2) is 4.39 Å². The van der Waals surface area contributed by atoms with E-state index < -0.39 is 23.6 Å². The lowest BCUT2D eigenvalue weighted by Gasteiger charge is -2.17. The SMILES string of the molecule is CC[C@@H](C)[C@@H](N)C(=O)NCCOc1cc(F)cc(C(F)(F)F)c1. The zero-order chi connectivity index (χ0) is 17.6. The standard InChI is InChI=1S/C15H20F4N2O2/c1-3-9(2)13(20)14(22)21-4-5-23-12-7-10(15(17,18)19)6-11(16)8-12/h6-9,13H,3-5,20H2,1-2H3,(H,21,22)/t9-,13-/m1/s1. The summed E-state index contributed by atoms with van der Waals surface area (Å²) in [7, 11) is 0. The molecule has 0 spiro atoms. The van der Waals surface area contributed by atoms with E-state index in [0.29, 0.717) is 12.1 Å². The second-order valence-electron chi connectivity index (χ2n) is 5.22. The van der Waals surface area contributed by atoms with E-state index in [-0.39, 0.29) is 30.7 Å². The third-order valence-corrected chi connectivity index (χ3v) is 3.43. The van der Waals surface area contributed by atoms with Gasteiger partial charge in [0.25, 0.3) is 0 Å². The molecule has 0 aliphatic rings. The van der Waals surface area contributed by atoms with Gasteiger partial charge in [0.2, 0.25) is 5.91 Å². The molecule has 0 fully saturated rings. The zero-order valence-electron chi connectivity index (χ0n) is 12.9. The lowest BCUT2D eigenvalue weighted by atomic mass is 9.99. The Morgan fingerprint density at radius 2 is 2.00 bits per heavy atom. The van der Waals surface area contributed by atoms with E-state index in [9.17, 15) is 22.4 Å². The van der Waals surface area contributed by atoms with E-state index >= 15 is 0 Å². The molecule has 1 aromatic rings. The fraction of sp³-hybridized carbons (Fsp3) is 0.533. The van der Waals surface area contributed by atoms with Gasteiger partial charge in [-0.2, -0.15) is 13.2 Å². The van der Waals surface area contributed by atoms with Gasteiger partial charge in [0.1, 0.15) is 18.2 Å². The van der Waals surface area contributed by atoms with Crippen molar-refractivity contribution in [1.82, 2.24) is 5.32 Å². The molecule has 3 N–H and O–H groups in total. The predicted molar refractivity (Wildman–Crippen MR) is 77.3 cm³/mol. The van der Waals surface area contributed by atoms with Gasteiger partial charge in [0, 0.05) is 6.07 Å². The second-order valence-corrected chi connectivity index (χ2v) is 5.22. The van der Waals surface area contributed by atoms with Crippen LogP contribution in [-0.2, 0) is 11.0 Å². The maximum absolute atomic E-state index is 13.2. The molecule has 23 heavy (non-hydrogen) atoms. The first kappa shape index (κ1) is 19.2. The molecule has 0 bridgehead atoms. The van der Waals surface area contributed by atoms with Crippen molar-refractivity contribution in [3.8, 4) is 5.75 Å². The molecule has 0 heterocycles. The summed E-state index contributed by atoms with van der Waals surface area (Å²) in [5.41, 5.74) is 4.60. The summed E-state index contributed by atoms with van der Waals surface area (Å²) in [5.74, 6) is -1.65. The highest BCUT2D eigenvalue weighted by Crippen LogP contribution is 2.32. The van der Waals surface area contributed by atoms with E-state index in [4.69, 9.17) is 10.5 Å². The van der Waals surface area contributed by atoms with E-state index in [2.05, 4.69) is 5.32 Å². The Hall–Kier alpha value is -1.83. The minimum Gasteiger partial charge on any atom is -0.492 e. The molecule has 0 saturated heterocycles. The van der Waals surface area contributed by atoms with Crippen molar-refractivity contribution in [2.75, 3.05) is 13.2 Å². The van der Waals surface area contributed by atoms with Crippen LogP contribution in [0.1, 0.15) is 25.8 Å². The summed E-state index contributed by atoms with van der Waals surface area (Å²) in [6.07, 6.45) is -3.91. The minimum atomic E-state index is -4.66. The molecule has 1 rings (SSSR count). The molecule has 0 unspecified atom stereocenters. The van der Waals surface area contributed by atoms with Crippen molar-refractivity contribution in [3.05, 3.63) is 29.6 Å². The highest BCUT2D eigenvalue weighted by Gasteiger charge is 2.31. The van der Waals surface area contributed by atoms with Gasteiger partial charge in [0.05, 0.1) is 18.2 Å². The van der Waals surface area contributed by atoms with Crippen LogP contribution in [0.4, 0.5) is 17.6 Å². The van der Waals surface area contributed by atoms with Crippen molar-refractivity contribution in [2.24, 2.45) is 11.7 Å². The van der Waals surface area contributed by atoms with Gasteiger partial charge in [-0.1, -0.05) is 20.3 Å². The summed E-state index contributed by atoms with van der Waals surface area (Å²) in [4.78, 5) is 11.7. The van der Waals surface area contributed by atoms with Crippen LogP contribution >= 0.6 is 0 Å². The molecule has 0 radical (unpaired) electrons. The van der Waals surface area contributed by atoms with E-state index in [1.165, 1.54) is 0 Å². The molecule has 4 nitrogen and oxygen atoms in total. The quantitative estimate of drug-likeness (QED) is 0.594. The predicted octanol–water partition coefficient (Wildman–Crippen LogP) is 2.71.